The quantitative estimate of drug-likeness (QED) is 0.733. The van der Waals surface area contributed by atoms with Crippen LogP contribution in [-0.2, 0) is 6.42 Å². The molecule has 0 bridgehead atoms. The van der Waals surface area contributed by atoms with Gasteiger partial charge in [-0.05, 0) is 36.5 Å². The average molecular weight is 263 g/mol. The van der Waals surface area contributed by atoms with Gasteiger partial charge in [0.25, 0.3) is 0 Å². The van der Waals surface area contributed by atoms with Crippen molar-refractivity contribution in [3.05, 3.63) is 42.1 Å². The number of rotatable bonds is 3. The van der Waals surface area contributed by atoms with Crippen LogP contribution in [0.5, 0.6) is 0 Å². The number of pyridine rings is 2. The second-order valence-corrected chi connectivity index (χ2v) is 5.73. The van der Waals surface area contributed by atoms with Gasteiger partial charge in [-0.3, -0.25) is 4.98 Å². The first-order valence-electron chi connectivity index (χ1n) is 7.24. The Labute approximate surface area is 117 Å². The fourth-order valence-electron chi connectivity index (χ4n) is 2.84. The maximum atomic E-state index is 6.03. The Bertz CT molecular complexity index is 791. The number of nitrogens with two attached hydrogens (primary N) is 1. The second-order valence-electron chi connectivity index (χ2n) is 5.73. The van der Waals surface area contributed by atoms with Crippen molar-refractivity contribution in [2.24, 2.45) is 5.92 Å². The van der Waals surface area contributed by atoms with E-state index in [-0.39, 0.29) is 0 Å². The predicted molar refractivity (Wildman–Crippen MR) is 82.5 cm³/mol. The molecule has 3 heteroatoms. The molecular formula is C17H17N3. The van der Waals surface area contributed by atoms with E-state index in [0.717, 1.165) is 34.1 Å². The molecule has 20 heavy (non-hydrogen) atoms. The van der Waals surface area contributed by atoms with Crippen LogP contribution in [0, 0.1) is 5.92 Å². The maximum absolute atomic E-state index is 6.03. The summed E-state index contributed by atoms with van der Waals surface area (Å²) in [6, 6.07) is 10.6. The highest BCUT2D eigenvalue weighted by Crippen LogP contribution is 2.34. The summed E-state index contributed by atoms with van der Waals surface area (Å²) in [7, 11) is 0. The normalized spacial score (nSPS) is 15.0. The molecule has 1 fully saturated rings. The van der Waals surface area contributed by atoms with Gasteiger partial charge in [-0.2, -0.15) is 0 Å². The largest absolute Gasteiger partial charge is 0.382 e. The molecule has 1 aliphatic rings. The van der Waals surface area contributed by atoms with Gasteiger partial charge in [0.1, 0.15) is 5.52 Å². The lowest BCUT2D eigenvalue weighted by Gasteiger charge is -2.07. The molecular weight excluding hydrogens is 246 g/mol. The summed E-state index contributed by atoms with van der Waals surface area (Å²) in [5, 5.41) is 2.22. The van der Waals surface area contributed by atoms with Gasteiger partial charge < -0.3 is 5.73 Å². The molecule has 0 aliphatic heterocycles. The first-order valence-corrected chi connectivity index (χ1v) is 7.24. The Hall–Kier alpha value is -2.16. The number of anilines is 1. The van der Waals surface area contributed by atoms with E-state index >= 15 is 0 Å². The Balaban J connectivity index is 1.83. The first-order chi connectivity index (χ1) is 9.81. The number of hydrogen-bond acceptors (Lipinski definition) is 3. The number of aryl methyl sites for hydroxylation is 1. The minimum Gasteiger partial charge on any atom is -0.382 e. The predicted octanol–water partition coefficient (Wildman–Crippen LogP) is 3.71. The Morgan fingerprint density at radius 3 is 2.90 bits per heavy atom. The van der Waals surface area contributed by atoms with Gasteiger partial charge in [-0.1, -0.05) is 31.0 Å². The third-order valence-corrected chi connectivity index (χ3v) is 4.18. The number of fused-ring (bicyclic) bond motifs is 3. The molecule has 0 amide bonds. The van der Waals surface area contributed by atoms with E-state index in [9.17, 15) is 0 Å². The number of nitrogen functional groups attached to an aromatic ring is 1. The summed E-state index contributed by atoms with van der Waals surface area (Å²) in [6.07, 6.45) is 7.03. The van der Waals surface area contributed by atoms with Crippen LogP contribution in [0.3, 0.4) is 0 Å². The molecule has 0 atom stereocenters. The van der Waals surface area contributed by atoms with Crippen molar-refractivity contribution in [3.63, 3.8) is 0 Å². The average Bonchev–Trinajstić information content (AvgIpc) is 3.29. The van der Waals surface area contributed by atoms with E-state index in [1.54, 1.807) is 6.20 Å². The summed E-state index contributed by atoms with van der Waals surface area (Å²) in [5.74, 6) is 1.48. The van der Waals surface area contributed by atoms with Crippen molar-refractivity contribution in [3.8, 4) is 0 Å². The summed E-state index contributed by atoms with van der Waals surface area (Å²) in [5.41, 5.74) is 9.17. The number of aromatic nitrogens is 2. The second kappa shape index (κ2) is 4.44. The molecule has 2 heterocycles. The number of benzene rings is 1. The third-order valence-electron chi connectivity index (χ3n) is 4.18. The lowest BCUT2D eigenvalue weighted by molar-refractivity contribution is 0.727. The van der Waals surface area contributed by atoms with Gasteiger partial charge in [-0.15, -0.1) is 0 Å². The van der Waals surface area contributed by atoms with E-state index in [4.69, 9.17) is 5.73 Å². The van der Waals surface area contributed by atoms with Gasteiger partial charge in [0.2, 0.25) is 0 Å². The van der Waals surface area contributed by atoms with Crippen molar-refractivity contribution < 1.29 is 0 Å². The van der Waals surface area contributed by atoms with Gasteiger partial charge in [-0.25, -0.2) is 4.98 Å². The van der Waals surface area contributed by atoms with Crippen LogP contribution < -0.4 is 5.73 Å². The molecule has 1 saturated carbocycles. The number of nitrogens with zero attached hydrogens (tertiary/aromatic N) is 2. The van der Waals surface area contributed by atoms with Crippen molar-refractivity contribution in [1.82, 2.24) is 9.97 Å². The third kappa shape index (κ3) is 1.99. The van der Waals surface area contributed by atoms with E-state index in [1.807, 2.05) is 6.07 Å². The fourth-order valence-corrected chi connectivity index (χ4v) is 2.84. The van der Waals surface area contributed by atoms with Crippen LogP contribution >= 0.6 is 0 Å². The summed E-state index contributed by atoms with van der Waals surface area (Å²) < 4.78 is 0. The Morgan fingerprint density at radius 2 is 2.05 bits per heavy atom. The van der Waals surface area contributed by atoms with Crippen molar-refractivity contribution in [2.75, 3.05) is 5.73 Å². The van der Waals surface area contributed by atoms with Gasteiger partial charge in [0.15, 0.2) is 5.82 Å². The van der Waals surface area contributed by atoms with Crippen molar-refractivity contribution in [1.29, 1.82) is 0 Å². The van der Waals surface area contributed by atoms with Crippen LogP contribution in [0.15, 0.2) is 36.5 Å². The molecule has 2 aromatic heterocycles. The molecule has 0 spiro atoms. The van der Waals surface area contributed by atoms with E-state index in [0.29, 0.717) is 5.82 Å². The maximum Gasteiger partial charge on any atom is 0.150 e. The summed E-state index contributed by atoms with van der Waals surface area (Å²) in [4.78, 5) is 8.86. The minimum atomic E-state index is 0.521. The Morgan fingerprint density at radius 1 is 1.15 bits per heavy atom. The van der Waals surface area contributed by atoms with E-state index < -0.39 is 0 Å². The number of hydrogen-bond donors (Lipinski definition) is 1. The van der Waals surface area contributed by atoms with E-state index in [2.05, 4.69) is 34.2 Å². The molecule has 100 valence electrons. The van der Waals surface area contributed by atoms with Crippen molar-refractivity contribution >= 4 is 27.6 Å². The lowest BCUT2D eigenvalue weighted by Crippen LogP contribution is -1.96. The van der Waals surface area contributed by atoms with Crippen LogP contribution in [0.25, 0.3) is 21.8 Å². The van der Waals surface area contributed by atoms with Gasteiger partial charge in [0.05, 0.1) is 5.52 Å². The molecule has 0 unspecified atom stereocenters. The summed E-state index contributed by atoms with van der Waals surface area (Å²) in [6.45, 7) is 0. The molecule has 4 rings (SSSR count). The Kier molecular flexibility index (Phi) is 2.59. The van der Waals surface area contributed by atoms with Gasteiger partial charge in [0, 0.05) is 17.0 Å². The molecule has 1 aromatic carbocycles. The molecule has 1 aliphatic carbocycles. The van der Waals surface area contributed by atoms with E-state index in [1.165, 1.54) is 24.8 Å². The molecule has 0 radical (unpaired) electrons. The SMILES string of the molecule is Nc1nc2cc(CCC3CC3)ccc2c2cccnc12. The van der Waals surface area contributed by atoms with Crippen LogP contribution in [0.4, 0.5) is 5.82 Å². The van der Waals surface area contributed by atoms with Crippen LogP contribution in [-0.4, -0.2) is 9.97 Å². The standard InChI is InChI=1S/C17H17N3/c18-17-16-14(2-1-9-19-16)13-8-7-12(10-15(13)20-17)6-5-11-3-4-11/h1-2,7-11H,3-6H2,(H2,18,20). The van der Waals surface area contributed by atoms with Crippen molar-refractivity contribution in [2.45, 2.75) is 25.7 Å². The zero-order valence-electron chi connectivity index (χ0n) is 11.3. The highest BCUT2D eigenvalue weighted by atomic mass is 14.9. The highest BCUT2D eigenvalue weighted by Gasteiger charge is 2.20. The smallest absolute Gasteiger partial charge is 0.150 e. The minimum absolute atomic E-state index is 0.521. The topological polar surface area (TPSA) is 51.8 Å². The zero-order chi connectivity index (χ0) is 13.5. The summed E-state index contributed by atoms with van der Waals surface area (Å²) >= 11 is 0. The first kappa shape index (κ1) is 11.6. The molecule has 3 nitrogen and oxygen atoms in total. The highest BCUT2D eigenvalue weighted by molar-refractivity contribution is 6.07. The monoisotopic (exact) mass is 263 g/mol. The fraction of sp³-hybridized carbons (Fsp3) is 0.294. The van der Waals surface area contributed by atoms with Gasteiger partial charge >= 0.3 is 0 Å². The van der Waals surface area contributed by atoms with Crippen LogP contribution in [0.1, 0.15) is 24.8 Å². The molecule has 0 saturated heterocycles. The molecule has 2 N–H and O–H groups in total. The molecule has 3 aromatic rings. The zero-order valence-corrected chi connectivity index (χ0v) is 11.3. The lowest BCUT2D eigenvalue weighted by atomic mass is 10.0. The van der Waals surface area contributed by atoms with Crippen LogP contribution in [0.2, 0.25) is 0 Å².